The lowest BCUT2D eigenvalue weighted by molar-refractivity contribution is -0.0508. The number of nitrogens with zero attached hydrogens (tertiary/aromatic N) is 3. The van der Waals surface area contributed by atoms with Crippen LogP contribution < -0.4 is 11.5 Å². The molecule has 0 bridgehead atoms. The molecule has 0 amide bonds. The zero-order valence-electron chi connectivity index (χ0n) is 14.6. The Hall–Kier alpha value is -2.63. The van der Waals surface area contributed by atoms with E-state index in [2.05, 4.69) is 9.97 Å². The lowest BCUT2D eigenvalue weighted by atomic mass is 10.1. The van der Waals surface area contributed by atoms with Crippen molar-refractivity contribution in [2.24, 2.45) is 5.73 Å². The Balaban J connectivity index is 1.93. The summed E-state index contributed by atoms with van der Waals surface area (Å²) in [5.41, 5.74) is 13.6. The number of fused-ring (bicyclic) bond motifs is 1. The van der Waals surface area contributed by atoms with E-state index in [1.54, 1.807) is 6.20 Å². The number of rotatable bonds is 4. The van der Waals surface area contributed by atoms with E-state index in [4.69, 9.17) is 28.4 Å². The highest BCUT2D eigenvalue weighted by Crippen LogP contribution is 2.35. The van der Waals surface area contributed by atoms with E-state index in [-0.39, 0.29) is 10.8 Å². The molecule has 1 aliphatic heterocycles. The number of hydrogen-bond acceptors (Lipinski definition) is 8. The van der Waals surface area contributed by atoms with Gasteiger partial charge in [-0.05, 0) is 0 Å². The molecule has 28 heavy (non-hydrogen) atoms. The van der Waals surface area contributed by atoms with E-state index in [1.165, 1.54) is 4.57 Å². The van der Waals surface area contributed by atoms with Crippen molar-refractivity contribution in [3.8, 4) is 11.4 Å². The largest absolute Gasteiger partial charge is 0.394 e. The molecule has 4 atom stereocenters. The van der Waals surface area contributed by atoms with Gasteiger partial charge in [0, 0.05) is 17.3 Å². The highest BCUT2D eigenvalue weighted by Gasteiger charge is 2.44. The lowest BCUT2D eigenvalue weighted by Crippen LogP contribution is -2.33. The number of anilines is 1. The smallest absolute Gasteiger partial charge is 0.164 e. The summed E-state index contributed by atoms with van der Waals surface area (Å²) in [5.74, 6) is 0.559. The van der Waals surface area contributed by atoms with E-state index in [0.29, 0.717) is 22.4 Å². The number of aliphatic hydroxyl groups excluding tert-OH is 3. The first-order valence-corrected chi connectivity index (χ1v) is 8.99. The third-order valence-electron chi connectivity index (χ3n) is 4.79. The zero-order chi connectivity index (χ0) is 20.0. The fraction of sp³-hybridized carbons (Fsp3) is 0.278. The maximum atomic E-state index is 10.4. The maximum Gasteiger partial charge on any atom is 0.164 e. The Morgan fingerprint density at radius 2 is 1.89 bits per heavy atom. The molecule has 1 saturated heterocycles. The zero-order valence-corrected chi connectivity index (χ0v) is 15.5. The molecule has 1 aromatic carbocycles. The summed E-state index contributed by atoms with van der Waals surface area (Å²) in [7, 11) is 0. The van der Waals surface area contributed by atoms with Crippen LogP contribution in [0.25, 0.3) is 22.4 Å². The molecule has 9 nitrogen and oxygen atoms in total. The van der Waals surface area contributed by atoms with Gasteiger partial charge in [-0.3, -0.25) is 0 Å². The third kappa shape index (κ3) is 2.91. The van der Waals surface area contributed by atoms with E-state index < -0.39 is 31.1 Å². The highest BCUT2D eigenvalue weighted by molar-refractivity contribution is 7.80. The van der Waals surface area contributed by atoms with Crippen molar-refractivity contribution in [3.63, 3.8) is 0 Å². The molecule has 10 heteroatoms. The molecule has 1 fully saturated rings. The van der Waals surface area contributed by atoms with Crippen LogP contribution in [0.4, 0.5) is 5.82 Å². The van der Waals surface area contributed by atoms with Crippen LogP contribution in [0.1, 0.15) is 11.8 Å². The number of hydrogen-bond donors (Lipinski definition) is 5. The Labute approximate surface area is 165 Å². The second kappa shape index (κ2) is 7.08. The average molecular weight is 401 g/mol. The monoisotopic (exact) mass is 401 g/mol. The van der Waals surface area contributed by atoms with Gasteiger partial charge in [-0.25, -0.2) is 9.97 Å². The van der Waals surface area contributed by atoms with E-state index in [9.17, 15) is 15.3 Å². The molecule has 0 aliphatic carbocycles. The summed E-state index contributed by atoms with van der Waals surface area (Å²) in [5, 5.41) is 30.3. The average Bonchev–Trinajstić information content (AvgIpc) is 3.21. The van der Waals surface area contributed by atoms with Crippen molar-refractivity contribution >= 4 is 34.1 Å². The van der Waals surface area contributed by atoms with E-state index >= 15 is 0 Å². The van der Waals surface area contributed by atoms with Crippen molar-refractivity contribution in [1.29, 1.82) is 0 Å². The normalized spacial score (nSPS) is 24.7. The van der Waals surface area contributed by atoms with Gasteiger partial charge in [0.2, 0.25) is 0 Å². The molecule has 0 radical (unpaired) electrons. The number of aliphatic hydroxyl groups is 3. The van der Waals surface area contributed by atoms with Gasteiger partial charge in [0.25, 0.3) is 0 Å². The van der Waals surface area contributed by atoms with Crippen LogP contribution in [0.5, 0.6) is 0 Å². The van der Waals surface area contributed by atoms with Gasteiger partial charge >= 0.3 is 0 Å². The summed E-state index contributed by atoms with van der Waals surface area (Å²) in [6, 6.07) is 9.26. The fourth-order valence-electron chi connectivity index (χ4n) is 3.38. The molecule has 4 rings (SSSR count). The first kappa shape index (κ1) is 18.7. The van der Waals surface area contributed by atoms with Crippen molar-refractivity contribution in [3.05, 3.63) is 42.1 Å². The molecule has 7 N–H and O–H groups in total. The summed E-state index contributed by atoms with van der Waals surface area (Å²) in [6.07, 6.45) is -2.92. The number of nitrogens with two attached hydrogens (primary N) is 2. The van der Waals surface area contributed by atoms with Crippen LogP contribution in [0.15, 0.2) is 36.5 Å². The Bertz CT molecular complexity index is 1040. The van der Waals surface area contributed by atoms with Crippen molar-refractivity contribution in [2.75, 3.05) is 12.3 Å². The van der Waals surface area contributed by atoms with Crippen molar-refractivity contribution in [2.45, 2.75) is 24.5 Å². The standard InChI is InChI=1S/C18H19N5O4S/c19-14-11-9(15(20)28)6-23(18-13(26)12(25)10(7-24)27-18)17(11)22-16(21-14)8-4-2-1-3-5-8/h1-6,10,12-13,18,24-26H,7H2,(H2,20,28)(H2,19,21,22)/t10?,12-,13-,18-/m1/s1. The molecule has 0 spiro atoms. The molecule has 2 aromatic heterocycles. The summed E-state index contributed by atoms with van der Waals surface area (Å²) in [6.45, 7) is -0.442. The van der Waals surface area contributed by atoms with Crippen LogP contribution in [0.3, 0.4) is 0 Å². The van der Waals surface area contributed by atoms with E-state index in [0.717, 1.165) is 5.56 Å². The molecule has 1 aliphatic rings. The van der Waals surface area contributed by atoms with Crippen LogP contribution in [-0.4, -0.2) is 59.8 Å². The van der Waals surface area contributed by atoms with Gasteiger partial charge in [0.05, 0.1) is 12.0 Å². The van der Waals surface area contributed by atoms with Gasteiger partial charge in [0.1, 0.15) is 34.8 Å². The summed E-state index contributed by atoms with van der Waals surface area (Å²) >= 11 is 5.12. The van der Waals surface area contributed by atoms with Crippen molar-refractivity contribution in [1.82, 2.24) is 14.5 Å². The van der Waals surface area contributed by atoms with Crippen LogP contribution >= 0.6 is 12.2 Å². The summed E-state index contributed by atoms with van der Waals surface area (Å²) < 4.78 is 7.15. The van der Waals surface area contributed by atoms with Crippen LogP contribution in [0.2, 0.25) is 0 Å². The minimum atomic E-state index is -1.29. The summed E-state index contributed by atoms with van der Waals surface area (Å²) in [4.78, 5) is 9.03. The van der Waals surface area contributed by atoms with Crippen LogP contribution in [-0.2, 0) is 4.74 Å². The predicted octanol–water partition coefficient (Wildman–Crippen LogP) is -0.0738. The van der Waals surface area contributed by atoms with Gasteiger partial charge in [-0.2, -0.15) is 0 Å². The quantitative estimate of drug-likeness (QED) is 0.378. The van der Waals surface area contributed by atoms with Gasteiger partial charge < -0.3 is 36.1 Å². The van der Waals surface area contributed by atoms with Crippen molar-refractivity contribution < 1.29 is 20.1 Å². The topological polar surface area (TPSA) is 153 Å². The number of nitrogen functional groups attached to an aromatic ring is 1. The first-order chi connectivity index (χ1) is 13.4. The fourth-order valence-corrected chi connectivity index (χ4v) is 3.54. The second-order valence-corrected chi connectivity index (χ2v) is 6.98. The predicted molar refractivity (Wildman–Crippen MR) is 106 cm³/mol. The third-order valence-corrected chi connectivity index (χ3v) is 5.01. The van der Waals surface area contributed by atoms with Gasteiger partial charge in [-0.1, -0.05) is 42.5 Å². The second-order valence-electron chi connectivity index (χ2n) is 6.54. The number of ether oxygens (including phenoxy) is 1. The van der Waals surface area contributed by atoms with Crippen LogP contribution in [0, 0.1) is 0 Å². The molecule has 3 aromatic rings. The molecular formula is C18H19N5O4S. The minimum absolute atomic E-state index is 0.0817. The lowest BCUT2D eigenvalue weighted by Gasteiger charge is -2.17. The first-order valence-electron chi connectivity index (χ1n) is 8.58. The number of aromatic nitrogens is 3. The van der Waals surface area contributed by atoms with Gasteiger partial charge in [0.15, 0.2) is 12.1 Å². The Morgan fingerprint density at radius 3 is 2.50 bits per heavy atom. The minimum Gasteiger partial charge on any atom is -0.394 e. The molecule has 0 saturated carbocycles. The Morgan fingerprint density at radius 1 is 1.18 bits per heavy atom. The SMILES string of the molecule is NC(=S)c1cn([C@@H]2OC(CO)[C@@H](O)[C@H]2O)c2nc(-c3ccccc3)nc(N)c12. The molecule has 3 heterocycles. The molecule has 146 valence electrons. The maximum absolute atomic E-state index is 10.4. The van der Waals surface area contributed by atoms with E-state index in [1.807, 2.05) is 30.3 Å². The highest BCUT2D eigenvalue weighted by atomic mass is 32.1. The molecule has 1 unspecified atom stereocenters. The van der Waals surface area contributed by atoms with Gasteiger partial charge in [-0.15, -0.1) is 0 Å². The molecular weight excluding hydrogens is 382 g/mol. The Kier molecular flexibility index (Phi) is 4.73. The number of thiocarbonyl (C=S) groups is 1. The number of benzene rings is 1.